The third kappa shape index (κ3) is 0.557. The first-order valence-corrected chi connectivity index (χ1v) is 4.93. The number of carbonyl (C=O) groups is 2. The molecule has 14 heavy (non-hydrogen) atoms. The predicted molar refractivity (Wildman–Crippen MR) is 45.2 cm³/mol. The van der Waals surface area contributed by atoms with Crippen LogP contribution in [0.1, 0.15) is 26.7 Å². The Bertz CT molecular complexity index is 318. The van der Waals surface area contributed by atoms with Gasteiger partial charge in [0.1, 0.15) is 10.8 Å². The van der Waals surface area contributed by atoms with Crippen LogP contribution in [-0.2, 0) is 19.1 Å². The summed E-state index contributed by atoms with van der Waals surface area (Å²) in [5.74, 6) is -0.811. The van der Waals surface area contributed by atoms with Gasteiger partial charge in [0.05, 0.1) is 12.2 Å². The Kier molecular flexibility index (Phi) is 1.22. The molecule has 0 radical (unpaired) electrons. The van der Waals surface area contributed by atoms with E-state index in [-0.39, 0.29) is 12.2 Å². The van der Waals surface area contributed by atoms with Crippen LogP contribution < -0.4 is 0 Å². The van der Waals surface area contributed by atoms with Crippen LogP contribution in [0.5, 0.6) is 0 Å². The van der Waals surface area contributed by atoms with Gasteiger partial charge in [0.2, 0.25) is 0 Å². The highest BCUT2D eigenvalue weighted by Gasteiger charge is 2.76. The summed E-state index contributed by atoms with van der Waals surface area (Å²) < 4.78 is 10.4. The predicted octanol–water partition coefficient (Wildman–Crippen LogP) is 0.644. The van der Waals surface area contributed by atoms with Crippen LogP contribution in [0.15, 0.2) is 0 Å². The standard InChI is InChI=1S/C10H12O4/c1-9-5-3-4-6(13-5)10(9,2)8(12)14-7(9)11/h5-6H,3-4H2,1-2H3/t5-,6+,9-,10-/m0/s1. The summed E-state index contributed by atoms with van der Waals surface area (Å²) >= 11 is 0. The number of hydrogen-bond acceptors (Lipinski definition) is 4. The second-order valence-corrected chi connectivity index (χ2v) is 4.77. The summed E-state index contributed by atoms with van der Waals surface area (Å²) in [6.45, 7) is 3.59. The summed E-state index contributed by atoms with van der Waals surface area (Å²) in [7, 11) is 0. The van der Waals surface area contributed by atoms with Gasteiger partial charge in [-0.1, -0.05) is 0 Å². The van der Waals surface area contributed by atoms with Crippen molar-refractivity contribution in [2.75, 3.05) is 0 Å². The summed E-state index contributed by atoms with van der Waals surface area (Å²) in [4.78, 5) is 23.3. The molecule has 0 amide bonds. The molecule has 76 valence electrons. The third-order valence-corrected chi connectivity index (χ3v) is 4.42. The molecule has 4 heteroatoms. The molecule has 0 aromatic rings. The highest BCUT2D eigenvalue weighted by Crippen LogP contribution is 2.63. The molecule has 3 rings (SSSR count). The summed E-state index contributed by atoms with van der Waals surface area (Å²) in [5.41, 5.74) is -1.49. The van der Waals surface area contributed by atoms with Crippen molar-refractivity contribution in [3.8, 4) is 0 Å². The topological polar surface area (TPSA) is 52.6 Å². The minimum atomic E-state index is -0.743. The van der Waals surface area contributed by atoms with Crippen LogP contribution in [0.3, 0.4) is 0 Å². The lowest BCUT2D eigenvalue weighted by atomic mass is 9.59. The quantitative estimate of drug-likeness (QED) is 0.421. The van der Waals surface area contributed by atoms with Gasteiger partial charge in [-0.25, -0.2) is 0 Å². The van der Waals surface area contributed by atoms with Gasteiger partial charge in [-0.05, 0) is 26.7 Å². The van der Waals surface area contributed by atoms with E-state index in [1.807, 2.05) is 0 Å². The number of esters is 2. The van der Waals surface area contributed by atoms with Crippen molar-refractivity contribution in [3.05, 3.63) is 0 Å². The maximum Gasteiger partial charge on any atom is 0.323 e. The zero-order valence-corrected chi connectivity index (χ0v) is 8.20. The zero-order chi connectivity index (χ0) is 10.1. The van der Waals surface area contributed by atoms with Gasteiger partial charge in [0.25, 0.3) is 0 Å². The van der Waals surface area contributed by atoms with Crippen molar-refractivity contribution in [1.29, 1.82) is 0 Å². The maximum atomic E-state index is 11.7. The Morgan fingerprint density at radius 2 is 1.50 bits per heavy atom. The first kappa shape index (κ1) is 8.41. The van der Waals surface area contributed by atoms with Crippen LogP contribution in [0, 0.1) is 10.8 Å². The van der Waals surface area contributed by atoms with Crippen LogP contribution in [-0.4, -0.2) is 24.1 Å². The summed E-state index contributed by atoms with van der Waals surface area (Å²) in [6, 6.07) is 0. The van der Waals surface area contributed by atoms with Gasteiger partial charge in [-0.2, -0.15) is 0 Å². The minimum absolute atomic E-state index is 0.128. The van der Waals surface area contributed by atoms with Crippen LogP contribution in [0.25, 0.3) is 0 Å². The number of carbonyl (C=O) groups excluding carboxylic acids is 2. The molecule has 4 nitrogen and oxygen atoms in total. The highest BCUT2D eigenvalue weighted by molar-refractivity contribution is 6.03. The van der Waals surface area contributed by atoms with Gasteiger partial charge in [0, 0.05) is 0 Å². The molecule has 3 aliphatic rings. The SMILES string of the molecule is C[C@]12C(=O)OC(=O)[C@]1(C)[C@H]1CC[C@@H]2O1. The fraction of sp³-hybridized carbons (Fsp3) is 0.800. The third-order valence-electron chi connectivity index (χ3n) is 4.42. The van der Waals surface area contributed by atoms with E-state index in [4.69, 9.17) is 9.47 Å². The lowest BCUT2D eigenvalue weighted by Crippen LogP contribution is -2.48. The fourth-order valence-corrected chi connectivity index (χ4v) is 3.14. The van der Waals surface area contributed by atoms with E-state index in [0.717, 1.165) is 12.8 Å². The summed E-state index contributed by atoms with van der Waals surface area (Å²) in [5, 5.41) is 0. The molecule has 3 fully saturated rings. The first-order chi connectivity index (χ1) is 6.51. The lowest BCUT2D eigenvalue weighted by molar-refractivity contribution is -0.159. The van der Waals surface area contributed by atoms with E-state index in [1.54, 1.807) is 13.8 Å². The van der Waals surface area contributed by atoms with Crippen molar-refractivity contribution >= 4 is 11.9 Å². The number of rotatable bonds is 0. The Morgan fingerprint density at radius 3 is 1.93 bits per heavy atom. The van der Waals surface area contributed by atoms with Gasteiger partial charge < -0.3 is 9.47 Å². The van der Waals surface area contributed by atoms with E-state index in [0.29, 0.717) is 0 Å². The molecule has 0 unspecified atom stereocenters. The van der Waals surface area contributed by atoms with E-state index in [2.05, 4.69) is 0 Å². The molecule has 3 heterocycles. The van der Waals surface area contributed by atoms with Crippen molar-refractivity contribution in [3.63, 3.8) is 0 Å². The normalized spacial score (nSPS) is 55.0. The highest BCUT2D eigenvalue weighted by atomic mass is 16.6. The monoisotopic (exact) mass is 196 g/mol. The van der Waals surface area contributed by atoms with E-state index < -0.39 is 22.8 Å². The maximum absolute atomic E-state index is 11.7. The van der Waals surface area contributed by atoms with Gasteiger partial charge >= 0.3 is 11.9 Å². The number of ether oxygens (including phenoxy) is 2. The van der Waals surface area contributed by atoms with Crippen molar-refractivity contribution in [2.45, 2.75) is 38.9 Å². The Morgan fingerprint density at radius 1 is 1.07 bits per heavy atom. The molecule has 2 bridgehead atoms. The fourth-order valence-electron chi connectivity index (χ4n) is 3.14. The Labute approximate surface area is 81.6 Å². The molecule has 4 atom stereocenters. The number of cyclic esters (lactones) is 2. The molecular weight excluding hydrogens is 184 g/mol. The van der Waals surface area contributed by atoms with E-state index in [1.165, 1.54) is 0 Å². The molecule has 0 aromatic carbocycles. The van der Waals surface area contributed by atoms with Crippen molar-refractivity contribution in [1.82, 2.24) is 0 Å². The molecule has 0 aromatic heterocycles. The van der Waals surface area contributed by atoms with Gasteiger partial charge in [-0.3, -0.25) is 9.59 Å². The largest absolute Gasteiger partial charge is 0.392 e. The second kappa shape index (κ2) is 2.03. The average Bonchev–Trinajstić information content (AvgIpc) is 2.73. The first-order valence-electron chi connectivity index (χ1n) is 4.93. The molecule has 0 N–H and O–H groups in total. The number of fused-ring (bicyclic) bond motifs is 5. The molecule has 3 saturated heterocycles. The van der Waals surface area contributed by atoms with Crippen molar-refractivity contribution in [2.24, 2.45) is 10.8 Å². The second-order valence-electron chi connectivity index (χ2n) is 4.77. The number of hydrogen-bond donors (Lipinski definition) is 0. The Balaban J connectivity index is 2.21. The summed E-state index contributed by atoms with van der Waals surface area (Å²) in [6.07, 6.45) is 1.46. The molecule has 0 aliphatic carbocycles. The van der Waals surface area contributed by atoms with Crippen molar-refractivity contribution < 1.29 is 19.1 Å². The minimum Gasteiger partial charge on any atom is -0.392 e. The molecular formula is C10H12O4. The zero-order valence-electron chi connectivity index (χ0n) is 8.20. The van der Waals surface area contributed by atoms with E-state index in [9.17, 15) is 9.59 Å². The van der Waals surface area contributed by atoms with Gasteiger partial charge in [-0.15, -0.1) is 0 Å². The van der Waals surface area contributed by atoms with E-state index >= 15 is 0 Å². The molecule has 3 aliphatic heterocycles. The van der Waals surface area contributed by atoms with Crippen LogP contribution >= 0.6 is 0 Å². The average molecular weight is 196 g/mol. The Hall–Kier alpha value is -0.900. The lowest BCUT2D eigenvalue weighted by Gasteiger charge is -2.34. The smallest absolute Gasteiger partial charge is 0.323 e. The molecule has 0 saturated carbocycles. The molecule has 0 spiro atoms. The van der Waals surface area contributed by atoms with Gasteiger partial charge in [0.15, 0.2) is 0 Å². The van der Waals surface area contributed by atoms with Crippen LogP contribution in [0.2, 0.25) is 0 Å². The van der Waals surface area contributed by atoms with Crippen LogP contribution in [0.4, 0.5) is 0 Å².